The molecule has 2 aromatic rings. The highest BCUT2D eigenvalue weighted by molar-refractivity contribution is 6.03. The van der Waals surface area contributed by atoms with Gasteiger partial charge in [-0.05, 0) is 30.5 Å². The van der Waals surface area contributed by atoms with Gasteiger partial charge in [0.15, 0.2) is 0 Å². The Morgan fingerprint density at radius 1 is 1.15 bits per heavy atom. The molecular weight excluding hydrogens is 334 g/mol. The third kappa shape index (κ3) is 3.88. The van der Waals surface area contributed by atoms with Gasteiger partial charge in [-0.3, -0.25) is 24.6 Å². The number of nitro benzene ring substituents is 1. The Labute approximate surface area is 150 Å². The second-order valence-corrected chi connectivity index (χ2v) is 6.12. The lowest BCUT2D eigenvalue weighted by Crippen LogP contribution is -2.45. The summed E-state index contributed by atoms with van der Waals surface area (Å²) in [5, 5.41) is 13.5. The van der Waals surface area contributed by atoms with Crippen molar-refractivity contribution in [3.8, 4) is 0 Å². The minimum Gasteiger partial charge on any atom is -0.354 e. The van der Waals surface area contributed by atoms with E-state index in [1.165, 1.54) is 12.1 Å². The van der Waals surface area contributed by atoms with Crippen LogP contribution >= 0.6 is 0 Å². The highest BCUT2D eigenvalue weighted by Gasteiger charge is 2.36. The fourth-order valence-electron chi connectivity index (χ4n) is 3.08. The molecule has 1 aliphatic rings. The highest BCUT2D eigenvalue weighted by atomic mass is 16.6. The molecule has 0 radical (unpaired) electrons. The molecule has 2 amide bonds. The van der Waals surface area contributed by atoms with E-state index in [0.29, 0.717) is 25.8 Å². The molecule has 1 unspecified atom stereocenters. The molecule has 1 saturated heterocycles. The van der Waals surface area contributed by atoms with Gasteiger partial charge in [-0.2, -0.15) is 0 Å². The standard InChI is InChI=1S/C19H19N3O4/c23-18-11-10-17(21(18)15-4-2-1-3-5-15)19(24)20-13-12-14-6-8-16(9-7-14)22(25)26/h1-9,17H,10-13H2,(H,20,24). The van der Waals surface area contributed by atoms with Crippen LogP contribution in [0, 0.1) is 10.1 Å². The molecule has 1 heterocycles. The number of rotatable bonds is 6. The van der Waals surface area contributed by atoms with E-state index in [9.17, 15) is 19.7 Å². The molecule has 2 aromatic carbocycles. The van der Waals surface area contributed by atoms with Gasteiger partial charge >= 0.3 is 0 Å². The topological polar surface area (TPSA) is 92.5 Å². The van der Waals surface area contributed by atoms with Crippen LogP contribution in [0.3, 0.4) is 0 Å². The second-order valence-electron chi connectivity index (χ2n) is 6.12. The number of nitrogens with zero attached hydrogens (tertiary/aromatic N) is 2. The molecular formula is C19H19N3O4. The van der Waals surface area contributed by atoms with Crippen LogP contribution < -0.4 is 10.2 Å². The number of nitro groups is 1. The Morgan fingerprint density at radius 2 is 1.85 bits per heavy atom. The normalized spacial score (nSPS) is 16.5. The molecule has 26 heavy (non-hydrogen) atoms. The van der Waals surface area contributed by atoms with E-state index >= 15 is 0 Å². The van der Waals surface area contributed by atoms with Gasteiger partial charge in [0, 0.05) is 30.8 Å². The van der Waals surface area contributed by atoms with Crippen molar-refractivity contribution < 1.29 is 14.5 Å². The van der Waals surface area contributed by atoms with Crippen molar-refractivity contribution in [3.05, 3.63) is 70.3 Å². The van der Waals surface area contributed by atoms with Gasteiger partial charge in [0.05, 0.1) is 4.92 Å². The highest BCUT2D eigenvalue weighted by Crippen LogP contribution is 2.26. The number of non-ortho nitro benzene ring substituents is 1. The third-order valence-electron chi connectivity index (χ3n) is 4.41. The molecule has 0 spiro atoms. The summed E-state index contributed by atoms with van der Waals surface area (Å²) in [5.74, 6) is -0.228. The molecule has 134 valence electrons. The molecule has 1 fully saturated rings. The van der Waals surface area contributed by atoms with Crippen molar-refractivity contribution in [2.45, 2.75) is 25.3 Å². The van der Waals surface area contributed by atoms with E-state index in [-0.39, 0.29) is 17.5 Å². The molecule has 0 aliphatic carbocycles. The smallest absolute Gasteiger partial charge is 0.269 e. The number of amides is 2. The van der Waals surface area contributed by atoms with Crippen LogP contribution in [0.4, 0.5) is 11.4 Å². The summed E-state index contributed by atoms with van der Waals surface area (Å²) in [6.45, 7) is 0.407. The van der Waals surface area contributed by atoms with Crippen LogP contribution in [0.15, 0.2) is 54.6 Å². The number of hydrogen-bond acceptors (Lipinski definition) is 4. The van der Waals surface area contributed by atoms with Crippen molar-refractivity contribution in [2.75, 3.05) is 11.4 Å². The lowest BCUT2D eigenvalue weighted by molar-refractivity contribution is -0.384. The number of benzene rings is 2. The third-order valence-corrected chi connectivity index (χ3v) is 4.41. The van der Waals surface area contributed by atoms with Crippen LogP contribution in [-0.2, 0) is 16.0 Å². The Morgan fingerprint density at radius 3 is 2.50 bits per heavy atom. The van der Waals surface area contributed by atoms with E-state index in [1.54, 1.807) is 17.0 Å². The molecule has 7 nitrogen and oxygen atoms in total. The first-order valence-electron chi connectivity index (χ1n) is 8.44. The van der Waals surface area contributed by atoms with Crippen LogP contribution in [0.2, 0.25) is 0 Å². The summed E-state index contributed by atoms with van der Waals surface area (Å²) < 4.78 is 0. The zero-order chi connectivity index (χ0) is 18.5. The van der Waals surface area contributed by atoms with Gasteiger partial charge in [0.25, 0.3) is 5.69 Å². The predicted molar refractivity (Wildman–Crippen MR) is 96.8 cm³/mol. The molecule has 1 N–H and O–H groups in total. The summed E-state index contributed by atoms with van der Waals surface area (Å²) in [7, 11) is 0. The minimum atomic E-state index is -0.498. The van der Waals surface area contributed by atoms with Gasteiger partial charge < -0.3 is 5.32 Å². The maximum absolute atomic E-state index is 12.5. The lowest BCUT2D eigenvalue weighted by Gasteiger charge is -2.24. The predicted octanol–water partition coefficient (Wildman–Crippen LogP) is 2.45. The van der Waals surface area contributed by atoms with Crippen molar-refractivity contribution in [1.29, 1.82) is 0 Å². The van der Waals surface area contributed by atoms with Gasteiger partial charge in [0.2, 0.25) is 11.8 Å². The first-order valence-corrected chi connectivity index (χ1v) is 8.44. The fourth-order valence-corrected chi connectivity index (χ4v) is 3.08. The summed E-state index contributed by atoms with van der Waals surface area (Å²) in [6.07, 6.45) is 1.42. The van der Waals surface area contributed by atoms with E-state index in [1.807, 2.05) is 30.3 Å². The van der Waals surface area contributed by atoms with Crippen molar-refractivity contribution >= 4 is 23.2 Å². The average molecular weight is 353 g/mol. The van der Waals surface area contributed by atoms with Gasteiger partial charge in [-0.15, -0.1) is 0 Å². The molecule has 3 rings (SSSR count). The summed E-state index contributed by atoms with van der Waals surface area (Å²) >= 11 is 0. The largest absolute Gasteiger partial charge is 0.354 e. The number of carbonyl (C=O) groups is 2. The monoisotopic (exact) mass is 353 g/mol. The molecule has 1 aliphatic heterocycles. The van der Waals surface area contributed by atoms with Crippen LogP contribution in [0.1, 0.15) is 18.4 Å². The number of hydrogen-bond donors (Lipinski definition) is 1. The molecule has 0 saturated carbocycles. The van der Waals surface area contributed by atoms with Gasteiger partial charge in [-0.1, -0.05) is 30.3 Å². The number of nitrogens with one attached hydrogen (secondary N) is 1. The summed E-state index contributed by atoms with van der Waals surface area (Å²) in [5.41, 5.74) is 1.67. The van der Waals surface area contributed by atoms with Crippen LogP contribution in [0.25, 0.3) is 0 Å². The lowest BCUT2D eigenvalue weighted by atomic mass is 10.1. The SMILES string of the molecule is O=C(NCCc1ccc([N+](=O)[O-])cc1)C1CCC(=O)N1c1ccccc1. The van der Waals surface area contributed by atoms with E-state index in [2.05, 4.69) is 5.32 Å². The molecule has 1 atom stereocenters. The zero-order valence-corrected chi connectivity index (χ0v) is 14.1. The Balaban J connectivity index is 1.57. The first kappa shape index (κ1) is 17.6. The van der Waals surface area contributed by atoms with Crippen LogP contribution in [0.5, 0.6) is 0 Å². The molecule has 7 heteroatoms. The minimum absolute atomic E-state index is 0.0424. The van der Waals surface area contributed by atoms with Gasteiger partial charge in [0.1, 0.15) is 6.04 Å². The Kier molecular flexibility index (Phi) is 5.26. The first-order chi connectivity index (χ1) is 12.6. The van der Waals surface area contributed by atoms with E-state index < -0.39 is 11.0 Å². The second kappa shape index (κ2) is 7.77. The zero-order valence-electron chi connectivity index (χ0n) is 14.1. The Hall–Kier alpha value is -3.22. The number of para-hydroxylation sites is 1. The van der Waals surface area contributed by atoms with Crippen LogP contribution in [-0.4, -0.2) is 29.3 Å². The maximum Gasteiger partial charge on any atom is 0.269 e. The number of anilines is 1. The fraction of sp³-hybridized carbons (Fsp3) is 0.263. The quantitative estimate of drug-likeness (QED) is 0.638. The molecule has 0 aromatic heterocycles. The summed E-state index contributed by atoms with van der Waals surface area (Å²) in [4.78, 5) is 36.4. The van der Waals surface area contributed by atoms with Crippen molar-refractivity contribution in [3.63, 3.8) is 0 Å². The number of carbonyl (C=O) groups excluding carboxylic acids is 2. The average Bonchev–Trinajstić information content (AvgIpc) is 3.04. The van der Waals surface area contributed by atoms with Gasteiger partial charge in [-0.25, -0.2) is 0 Å². The van der Waals surface area contributed by atoms with E-state index in [4.69, 9.17) is 0 Å². The Bertz CT molecular complexity index is 805. The van der Waals surface area contributed by atoms with Crippen molar-refractivity contribution in [1.82, 2.24) is 5.32 Å². The summed E-state index contributed by atoms with van der Waals surface area (Å²) in [6, 6.07) is 14.9. The van der Waals surface area contributed by atoms with Crippen molar-refractivity contribution in [2.24, 2.45) is 0 Å². The van der Waals surface area contributed by atoms with E-state index in [0.717, 1.165) is 11.3 Å². The molecule has 0 bridgehead atoms. The maximum atomic E-state index is 12.5.